The molecule has 0 saturated heterocycles. The first-order valence-electron chi connectivity index (χ1n) is 7.85. The number of nitrogens with one attached hydrogen (secondary N) is 2. The van der Waals surface area contributed by atoms with Crippen LogP contribution in [0.1, 0.15) is 22.8 Å². The van der Waals surface area contributed by atoms with Gasteiger partial charge >= 0.3 is 0 Å². The van der Waals surface area contributed by atoms with E-state index < -0.39 is 0 Å². The predicted octanol–water partition coefficient (Wildman–Crippen LogP) is 4.71. The van der Waals surface area contributed by atoms with Gasteiger partial charge in [0, 0.05) is 41.5 Å². The summed E-state index contributed by atoms with van der Waals surface area (Å²) in [6, 6.07) is 16.4. The first kappa shape index (κ1) is 18.4. The normalized spacial score (nSPS) is 11.7. The third kappa shape index (κ3) is 3.75. The number of fused-ring (bicyclic) bond motifs is 8. The second kappa shape index (κ2) is 7.49. The van der Waals surface area contributed by atoms with E-state index >= 15 is 0 Å². The number of hydrogen-bond donors (Lipinski definition) is 2. The Morgan fingerprint density at radius 2 is 0.846 bits per heavy atom. The molecule has 0 aromatic carbocycles. The van der Waals surface area contributed by atoms with E-state index in [1.54, 1.807) is 0 Å². The zero-order valence-electron chi connectivity index (χ0n) is 14.2. The molecule has 0 aliphatic carbocycles. The summed E-state index contributed by atoms with van der Waals surface area (Å²) in [5.74, 6) is 0. The van der Waals surface area contributed by atoms with Gasteiger partial charge in [-0.1, -0.05) is 0 Å². The molecule has 0 spiro atoms. The Morgan fingerprint density at radius 3 is 1.27 bits per heavy atom. The Kier molecular flexibility index (Phi) is 5.31. The summed E-state index contributed by atoms with van der Waals surface area (Å²) < 4.78 is 0. The number of aromatic nitrogens is 4. The Morgan fingerprint density at radius 1 is 0.500 bits per heavy atom. The fraction of sp³-hybridized carbons (Fsp3) is 0. The average molecular weight is 410 g/mol. The van der Waals surface area contributed by atoms with Crippen molar-refractivity contribution in [2.24, 2.45) is 0 Å². The van der Waals surface area contributed by atoms with Crippen molar-refractivity contribution in [3.63, 3.8) is 0 Å². The van der Waals surface area contributed by atoms with Gasteiger partial charge < -0.3 is 9.97 Å². The van der Waals surface area contributed by atoms with Crippen LogP contribution in [0, 0.1) is 0 Å². The van der Waals surface area contributed by atoms with Crippen LogP contribution in [0.15, 0.2) is 48.5 Å². The van der Waals surface area contributed by atoms with E-state index in [9.17, 15) is 0 Å². The van der Waals surface area contributed by atoms with Crippen LogP contribution in [-0.4, -0.2) is 19.9 Å². The van der Waals surface area contributed by atoms with Crippen molar-refractivity contribution >= 4 is 56.3 Å². The summed E-state index contributed by atoms with van der Waals surface area (Å²) in [7, 11) is 0. The molecule has 3 aromatic heterocycles. The Hall–Kier alpha value is -2.35. The molecule has 0 saturated carbocycles. The Labute approximate surface area is 166 Å². The van der Waals surface area contributed by atoms with Gasteiger partial charge in [0.15, 0.2) is 0 Å². The third-order valence-corrected chi connectivity index (χ3v) is 4.04. The predicted molar refractivity (Wildman–Crippen MR) is 110 cm³/mol. The third-order valence-electron chi connectivity index (χ3n) is 4.04. The number of aromatic amines is 2. The van der Waals surface area contributed by atoms with E-state index in [1.165, 1.54) is 0 Å². The molecule has 0 fully saturated rings. The van der Waals surface area contributed by atoms with Gasteiger partial charge in [-0.2, -0.15) is 9.90 Å². The molecule has 0 amide bonds. The van der Waals surface area contributed by atoms with Crippen molar-refractivity contribution in [2.75, 3.05) is 0 Å². The molecule has 5 heterocycles. The molecule has 0 radical (unpaired) electrons. The Balaban J connectivity index is 0.000000980. The van der Waals surface area contributed by atoms with Crippen molar-refractivity contribution in [3.8, 4) is 0 Å². The summed E-state index contributed by atoms with van der Waals surface area (Å²) in [6.07, 6.45) is 8.05. The fourth-order valence-electron chi connectivity index (χ4n) is 2.94. The number of hydrogen-bond acceptors (Lipinski definition) is 2. The molecule has 2 aliphatic rings. The summed E-state index contributed by atoms with van der Waals surface area (Å²) in [5, 5.41) is 0. The second-order valence-electron chi connectivity index (χ2n) is 5.91. The summed E-state index contributed by atoms with van der Waals surface area (Å²) in [6.45, 7) is 0. The van der Waals surface area contributed by atoms with Crippen LogP contribution in [0.4, 0.5) is 0 Å². The van der Waals surface area contributed by atoms with Gasteiger partial charge in [0.1, 0.15) is 0 Å². The molecular weight excluding hydrogens is 393 g/mol. The number of rotatable bonds is 0. The maximum absolute atomic E-state index is 4.62. The second-order valence-corrected chi connectivity index (χ2v) is 5.91. The van der Waals surface area contributed by atoms with E-state index in [0.717, 1.165) is 44.8 Å². The van der Waals surface area contributed by atoms with Crippen LogP contribution in [0.25, 0.3) is 46.4 Å². The first-order chi connectivity index (χ1) is 11.8. The van der Waals surface area contributed by atoms with Gasteiger partial charge in [0.2, 0.25) is 0 Å². The molecule has 1 unspecified atom stereocenters. The number of H-pyrrole nitrogens is 2. The van der Waals surface area contributed by atoms with Gasteiger partial charge in [0.25, 0.3) is 0 Å². The average Bonchev–Trinajstić information content (AvgIpc) is 3.32. The monoisotopic (exact) mass is 408 g/mol. The zero-order valence-corrected chi connectivity index (χ0v) is 18.6. The maximum Gasteiger partial charge on any atom is 0.0659 e. The fourth-order valence-corrected chi connectivity index (χ4v) is 2.94. The molecule has 1 atom stereocenters. The van der Waals surface area contributed by atoms with Crippen LogP contribution in [0.2, 0.25) is 0 Å². The SMILES string of the molecule is C1=Cc2cc3ccc(cc4ccc(cc5nc(cc1n2)C=C5)[nH]4)[nH]3.P.[Zn]. The smallest absolute Gasteiger partial charge is 0.0659 e. The van der Waals surface area contributed by atoms with Crippen molar-refractivity contribution in [1.29, 1.82) is 0 Å². The van der Waals surface area contributed by atoms with E-state index in [0.29, 0.717) is 0 Å². The summed E-state index contributed by atoms with van der Waals surface area (Å²) >= 11 is 0. The van der Waals surface area contributed by atoms with Crippen molar-refractivity contribution in [1.82, 2.24) is 19.9 Å². The van der Waals surface area contributed by atoms with E-state index in [1.807, 2.05) is 42.5 Å². The molecule has 2 aliphatic heterocycles. The van der Waals surface area contributed by atoms with Crippen molar-refractivity contribution in [3.05, 3.63) is 71.3 Å². The van der Waals surface area contributed by atoms with Crippen LogP contribution in [0.3, 0.4) is 0 Å². The van der Waals surface area contributed by atoms with E-state index in [2.05, 4.69) is 50.3 Å². The topological polar surface area (TPSA) is 57.4 Å². The molecule has 4 nitrogen and oxygen atoms in total. The molecule has 124 valence electrons. The quantitative estimate of drug-likeness (QED) is 0.287. The first-order valence-corrected chi connectivity index (χ1v) is 7.85. The summed E-state index contributed by atoms with van der Waals surface area (Å²) in [4.78, 5) is 16.0. The van der Waals surface area contributed by atoms with Crippen LogP contribution in [-0.2, 0) is 19.5 Å². The maximum atomic E-state index is 4.62. The van der Waals surface area contributed by atoms with Gasteiger partial charge in [0.05, 0.1) is 22.8 Å². The minimum atomic E-state index is 0. The van der Waals surface area contributed by atoms with Crippen molar-refractivity contribution in [2.45, 2.75) is 0 Å². The van der Waals surface area contributed by atoms with Crippen LogP contribution < -0.4 is 0 Å². The minimum absolute atomic E-state index is 0. The Bertz CT molecular complexity index is 1080. The molecule has 6 heteroatoms. The standard InChI is InChI=1S/C20H14N4.H3P.Zn/c1-2-14-10-16-5-6-18(23-16)12-20-8-7-19(24-20)11-17-4-3-15(22-17)9-13(1)21-14;;/h1-12,21-22H;1H3;. The molecule has 2 N–H and O–H groups in total. The molecule has 3 aromatic rings. The van der Waals surface area contributed by atoms with E-state index in [-0.39, 0.29) is 29.4 Å². The van der Waals surface area contributed by atoms with Gasteiger partial charge in [-0.15, -0.1) is 0 Å². The molecule has 8 bridgehead atoms. The van der Waals surface area contributed by atoms with Crippen LogP contribution >= 0.6 is 9.90 Å². The van der Waals surface area contributed by atoms with Crippen molar-refractivity contribution < 1.29 is 19.5 Å². The van der Waals surface area contributed by atoms with Gasteiger partial charge in [-0.3, -0.25) is 0 Å². The molecule has 26 heavy (non-hydrogen) atoms. The molecule has 5 rings (SSSR count). The number of nitrogens with zero attached hydrogens (tertiary/aromatic N) is 2. The largest absolute Gasteiger partial charge is 0.355 e. The van der Waals surface area contributed by atoms with E-state index in [4.69, 9.17) is 0 Å². The minimum Gasteiger partial charge on any atom is -0.355 e. The summed E-state index contributed by atoms with van der Waals surface area (Å²) in [5.41, 5.74) is 7.86. The zero-order chi connectivity index (χ0) is 15.9. The molecular formula is C20H17N4PZn. The van der Waals surface area contributed by atoms with Gasteiger partial charge in [-0.25, -0.2) is 9.97 Å². The van der Waals surface area contributed by atoms with Gasteiger partial charge in [-0.05, 0) is 72.8 Å². The van der Waals surface area contributed by atoms with Crippen LogP contribution in [0.5, 0.6) is 0 Å².